The van der Waals surface area contributed by atoms with Crippen LogP contribution in [0.2, 0.25) is 0 Å². The minimum absolute atomic E-state index is 0.122. The topological polar surface area (TPSA) is 69.7 Å². The van der Waals surface area contributed by atoms with Gasteiger partial charge in [0.1, 0.15) is 11.2 Å². The van der Waals surface area contributed by atoms with Crippen molar-refractivity contribution >= 4 is 15.9 Å². The van der Waals surface area contributed by atoms with E-state index < -0.39 is 38.5 Å². The lowest BCUT2D eigenvalue weighted by molar-refractivity contribution is -0.131. The Hall–Kier alpha value is -1.87. The molecule has 1 aromatic carbocycles. The summed E-state index contributed by atoms with van der Waals surface area (Å²) in [6.45, 7) is 2.58. The Labute approximate surface area is 143 Å². The highest BCUT2D eigenvalue weighted by atomic mass is 32.2. The number of Topliss-reactive ketones (excluding diaryl/α,β-unsaturated/α-hetero) is 1. The molecule has 0 amide bonds. The standard InChI is InChI=1S/C16H17F3O5S/c1-11-8-13(24-25(21,22)16(17,18)19)15(2,14(11)20)10-23-9-12-6-4-3-5-7-12/h3-8,11H,9-10H2,1-2H3/t11-,15+/m0/s1. The first-order valence-electron chi connectivity index (χ1n) is 7.36. The molecule has 138 valence electrons. The van der Waals surface area contributed by atoms with Crippen LogP contribution in [0, 0.1) is 11.3 Å². The van der Waals surface area contributed by atoms with Crippen molar-refractivity contribution < 1.29 is 35.3 Å². The van der Waals surface area contributed by atoms with E-state index >= 15 is 0 Å². The molecule has 1 aliphatic rings. The van der Waals surface area contributed by atoms with Crippen LogP contribution < -0.4 is 0 Å². The van der Waals surface area contributed by atoms with Gasteiger partial charge in [0.15, 0.2) is 5.78 Å². The highest BCUT2D eigenvalue weighted by Crippen LogP contribution is 2.42. The molecule has 1 aromatic rings. The smallest absolute Gasteiger partial charge is 0.380 e. The SMILES string of the molecule is C[C@H]1C=C(OS(=O)(=O)C(F)(F)F)[C@@](C)(COCc2ccccc2)C1=O. The number of hydrogen-bond donors (Lipinski definition) is 0. The quantitative estimate of drug-likeness (QED) is 0.562. The summed E-state index contributed by atoms with van der Waals surface area (Å²) < 4.78 is 69.8. The first-order valence-corrected chi connectivity index (χ1v) is 8.77. The van der Waals surface area contributed by atoms with Crippen molar-refractivity contribution in [1.82, 2.24) is 0 Å². The van der Waals surface area contributed by atoms with E-state index in [1.54, 1.807) is 24.3 Å². The minimum atomic E-state index is -5.85. The molecule has 0 heterocycles. The molecule has 2 atom stereocenters. The Morgan fingerprint density at radius 3 is 2.36 bits per heavy atom. The molecular formula is C16H17F3O5S. The number of carbonyl (C=O) groups is 1. The Morgan fingerprint density at radius 2 is 1.80 bits per heavy atom. The molecule has 9 heteroatoms. The summed E-state index contributed by atoms with van der Waals surface area (Å²) in [5.41, 5.74) is -6.37. The lowest BCUT2D eigenvalue weighted by atomic mass is 9.86. The van der Waals surface area contributed by atoms with E-state index in [1.807, 2.05) is 6.07 Å². The molecule has 25 heavy (non-hydrogen) atoms. The van der Waals surface area contributed by atoms with E-state index in [-0.39, 0.29) is 13.2 Å². The lowest BCUT2D eigenvalue weighted by Gasteiger charge is -2.26. The zero-order valence-corrected chi connectivity index (χ0v) is 14.4. The zero-order chi connectivity index (χ0) is 18.9. The van der Waals surface area contributed by atoms with Crippen molar-refractivity contribution in [3.63, 3.8) is 0 Å². The summed E-state index contributed by atoms with van der Waals surface area (Å²) in [4.78, 5) is 12.3. The van der Waals surface area contributed by atoms with Crippen LogP contribution in [-0.2, 0) is 30.4 Å². The van der Waals surface area contributed by atoms with E-state index in [0.717, 1.165) is 11.6 Å². The van der Waals surface area contributed by atoms with Gasteiger partial charge in [-0.1, -0.05) is 37.3 Å². The Kier molecular flexibility index (Phi) is 5.29. The molecule has 0 radical (unpaired) electrons. The fourth-order valence-corrected chi connectivity index (χ4v) is 3.06. The fraction of sp³-hybridized carbons (Fsp3) is 0.438. The molecule has 0 aromatic heterocycles. The average molecular weight is 378 g/mol. The van der Waals surface area contributed by atoms with Crippen molar-refractivity contribution in [1.29, 1.82) is 0 Å². The van der Waals surface area contributed by atoms with Crippen LogP contribution in [0.15, 0.2) is 42.2 Å². The van der Waals surface area contributed by atoms with Crippen molar-refractivity contribution in [2.24, 2.45) is 11.3 Å². The Morgan fingerprint density at radius 1 is 1.20 bits per heavy atom. The van der Waals surface area contributed by atoms with E-state index in [9.17, 15) is 26.4 Å². The van der Waals surface area contributed by atoms with Crippen LogP contribution in [0.5, 0.6) is 0 Å². The van der Waals surface area contributed by atoms with Gasteiger partial charge in [-0.15, -0.1) is 0 Å². The van der Waals surface area contributed by atoms with Crippen LogP contribution in [0.4, 0.5) is 13.2 Å². The number of carbonyl (C=O) groups excluding carboxylic acids is 1. The van der Waals surface area contributed by atoms with Gasteiger partial charge in [-0.05, 0) is 18.6 Å². The molecular weight excluding hydrogens is 361 g/mol. The van der Waals surface area contributed by atoms with Gasteiger partial charge in [0, 0.05) is 5.92 Å². The number of rotatable bonds is 6. The van der Waals surface area contributed by atoms with Crippen LogP contribution in [0.1, 0.15) is 19.4 Å². The molecule has 0 unspecified atom stereocenters. The van der Waals surface area contributed by atoms with Crippen molar-refractivity contribution in [3.05, 3.63) is 47.7 Å². The van der Waals surface area contributed by atoms with Crippen LogP contribution in [0.25, 0.3) is 0 Å². The number of benzene rings is 1. The van der Waals surface area contributed by atoms with Crippen LogP contribution >= 0.6 is 0 Å². The van der Waals surface area contributed by atoms with Crippen LogP contribution in [-0.4, -0.2) is 26.3 Å². The molecule has 0 aliphatic heterocycles. The summed E-state index contributed by atoms with van der Waals surface area (Å²) >= 11 is 0. The van der Waals surface area contributed by atoms with Gasteiger partial charge < -0.3 is 8.92 Å². The maximum atomic E-state index is 12.5. The number of ketones is 1. The van der Waals surface area contributed by atoms with Gasteiger partial charge in [0.05, 0.1) is 13.2 Å². The van der Waals surface area contributed by atoms with Gasteiger partial charge in [-0.25, -0.2) is 0 Å². The molecule has 2 rings (SSSR count). The van der Waals surface area contributed by atoms with Crippen molar-refractivity contribution in [2.75, 3.05) is 6.61 Å². The lowest BCUT2D eigenvalue weighted by Crippen LogP contribution is -2.36. The third kappa shape index (κ3) is 4.04. The molecule has 0 fully saturated rings. The molecule has 5 nitrogen and oxygen atoms in total. The number of hydrogen-bond acceptors (Lipinski definition) is 5. The van der Waals surface area contributed by atoms with E-state index in [0.29, 0.717) is 0 Å². The number of alkyl halides is 3. The van der Waals surface area contributed by atoms with E-state index in [4.69, 9.17) is 4.74 Å². The van der Waals surface area contributed by atoms with Crippen molar-refractivity contribution in [2.45, 2.75) is 26.0 Å². The third-order valence-corrected chi connectivity index (χ3v) is 4.85. The highest BCUT2D eigenvalue weighted by Gasteiger charge is 2.54. The number of halogens is 3. The van der Waals surface area contributed by atoms with Gasteiger partial charge in [-0.3, -0.25) is 4.79 Å². The Balaban J connectivity index is 2.15. The maximum absolute atomic E-state index is 12.5. The van der Waals surface area contributed by atoms with Crippen molar-refractivity contribution in [3.8, 4) is 0 Å². The summed E-state index contributed by atoms with van der Waals surface area (Å²) in [6.07, 6.45) is 1.08. The second-order valence-electron chi connectivity index (χ2n) is 5.98. The highest BCUT2D eigenvalue weighted by molar-refractivity contribution is 7.87. The second kappa shape index (κ2) is 6.80. The molecule has 0 bridgehead atoms. The summed E-state index contributed by atoms with van der Waals surface area (Å²) in [5.74, 6) is -1.80. The largest absolute Gasteiger partial charge is 0.534 e. The third-order valence-electron chi connectivity index (χ3n) is 3.89. The summed E-state index contributed by atoms with van der Waals surface area (Å²) in [5, 5.41) is 0. The van der Waals surface area contributed by atoms with Gasteiger partial charge >= 0.3 is 15.6 Å². The molecule has 0 saturated heterocycles. The number of allylic oxidation sites excluding steroid dienone is 1. The van der Waals surface area contributed by atoms with Crippen LogP contribution in [0.3, 0.4) is 0 Å². The summed E-state index contributed by atoms with van der Waals surface area (Å²) in [6, 6.07) is 8.94. The van der Waals surface area contributed by atoms with E-state index in [1.165, 1.54) is 13.8 Å². The molecule has 0 spiro atoms. The maximum Gasteiger partial charge on any atom is 0.534 e. The fourth-order valence-electron chi connectivity index (χ4n) is 2.49. The normalized spacial score (nSPS) is 24.3. The molecule has 0 saturated carbocycles. The predicted octanol–water partition coefficient (Wildman–Crippen LogP) is 3.18. The summed E-state index contributed by atoms with van der Waals surface area (Å²) in [7, 11) is -5.85. The van der Waals surface area contributed by atoms with Gasteiger partial charge in [0.2, 0.25) is 0 Å². The minimum Gasteiger partial charge on any atom is -0.380 e. The van der Waals surface area contributed by atoms with Gasteiger partial charge in [0.25, 0.3) is 0 Å². The first kappa shape index (κ1) is 19.5. The Bertz CT molecular complexity index is 771. The number of ether oxygens (including phenoxy) is 1. The monoisotopic (exact) mass is 378 g/mol. The first-order chi connectivity index (χ1) is 11.5. The zero-order valence-electron chi connectivity index (χ0n) is 13.5. The van der Waals surface area contributed by atoms with E-state index in [2.05, 4.69) is 4.18 Å². The van der Waals surface area contributed by atoms with Gasteiger partial charge in [-0.2, -0.15) is 21.6 Å². The average Bonchev–Trinajstić information content (AvgIpc) is 2.71. The second-order valence-corrected chi connectivity index (χ2v) is 7.52. The predicted molar refractivity (Wildman–Crippen MR) is 82.5 cm³/mol. The molecule has 0 N–H and O–H groups in total. The molecule has 1 aliphatic carbocycles.